The first-order chi connectivity index (χ1) is 8.18. The number of carbonyl (C=O) groups excluding carboxylic acids is 1. The number of carboxylic acids is 1. The molecule has 2 atom stereocenters. The van der Waals surface area contributed by atoms with Crippen LogP contribution in [0.4, 0.5) is 0 Å². The fourth-order valence-corrected chi connectivity index (χ4v) is 3.16. The molecule has 2 aliphatic rings. The quantitative estimate of drug-likeness (QED) is 0.800. The Morgan fingerprint density at radius 2 is 2.18 bits per heavy atom. The minimum absolute atomic E-state index is 0.00975. The molecule has 2 rings (SSSR count). The maximum absolute atomic E-state index is 12.0. The molecule has 6 heteroatoms. The third kappa shape index (κ3) is 3.13. The number of fused-ring (bicyclic) bond motifs is 1. The second-order valence-corrected chi connectivity index (χ2v) is 5.37. The van der Waals surface area contributed by atoms with Crippen LogP contribution in [-0.4, -0.2) is 58.7 Å². The van der Waals surface area contributed by atoms with Crippen LogP contribution in [0.5, 0.6) is 0 Å². The summed E-state index contributed by atoms with van der Waals surface area (Å²) >= 11 is 1.17. The van der Waals surface area contributed by atoms with Crippen molar-refractivity contribution in [2.24, 2.45) is 0 Å². The minimum Gasteiger partial charge on any atom is -0.481 e. The summed E-state index contributed by atoms with van der Waals surface area (Å²) in [6, 6.07) is 0.224. The average Bonchev–Trinajstić information content (AvgIpc) is 2.75. The Hall–Kier alpha value is -0.750. The van der Waals surface area contributed by atoms with Gasteiger partial charge in [-0.25, -0.2) is 0 Å². The molecule has 1 N–H and O–H groups in total. The number of nitrogens with zero attached hydrogens (tertiary/aromatic N) is 1. The van der Waals surface area contributed by atoms with Crippen LogP contribution in [0, 0.1) is 0 Å². The second-order valence-electron chi connectivity index (χ2n) is 4.38. The Labute approximate surface area is 104 Å². The minimum atomic E-state index is -0.872. The number of hydrogen-bond donors (Lipinski definition) is 1. The van der Waals surface area contributed by atoms with Crippen molar-refractivity contribution in [3.63, 3.8) is 0 Å². The van der Waals surface area contributed by atoms with Gasteiger partial charge in [-0.1, -0.05) is 0 Å². The largest absolute Gasteiger partial charge is 0.481 e. The van der Waals surface area contributed by atoms with Crippen LogP contribution in [0.25, 0.3) is 0 Å². The number of carboxylic acid groups (broad SMARTS) is 1. The molecule has 2 unspecified atom stereocenters. The van der Waals surface area contributed by atoms with E-state index >= 15 is 0 Å². The van der Waals surface area contributed by atoms with Crippen LogP contribution in [0.1, 0.15) is 19.3 Å². The van der Waals surface area contributed by atoms with Crippen molar-refractivity contribution in [2.75, 3.05) is 24.7 Å². The molecule has 0 radical (unpaired) electrons. The van der Waals surface area contributed by atoms with Crippen molar-refractivity contribution in [2.45, 2.75) is 31.4 Å². The molecule has 2 fully saturated rings. The lowest BCUT2D eigenvalue weighted by Gasteiger charge is -2.37. The predicted molar refractivity (Wildman–Crippen MR) is 64.1 cm³/mol. The number of rotatable bonds is 4. The van der Waals surface area contributed by atoms with Gasteiger partial charge in [-0.2, -0.15) is 0 Å². The van der Waals surface area contributed by atoms with E-state index in [1.165, 1.54) is 11.8 Å². The molecule has 1 saturated carbocycles. The fraction of sp³-hybridized carbons (Fsp3) is 0.818. The zero-order chi connectivity index (χ0) is 12.3. The summed E-state index contributed by atoms with van der Waals surface area (Å²) in [5.74, 6) is -0.570. The number of amides is 1. The number of ether oxygens (including phenoxy) is 1. The van der Waals surface area contributed by atoms with Gasteiger partial charge in [0.1, 0.15) is 0 Å². The smallest absolute Gasteiger partial charge is 0.313 e. The van der Waals surface area contributed by atoms with Crippen molar-refractivity contribution < 1.29 is 19.4 Å². The highest BCUT2D eigenvalue weighted by Gasteiger charge is 2.38. The average molecular weight is 259 g/mol. The number of carbonyl (C=O) groups is 2. The van der Waals surface area contributed by atoms with Gasteiger partial charge in [0.15, 0.2) is 0 Å². The Kier molecular flexibility index (Phi) is 4.28. The fourth-order valence-electron chi connectivity index (χ4n) is 2.54. The number of hydrogen-bond acceptors (Lipinski definition) is 4. The van der Waals surface area contributed by atoms with Gasteiger partial charge in [0.05, 0.1) is 30.3 Å². The standard InChI is InChI=1S/C11H17NO4S/c13-10(6-17-7-11(14)15)12-4-5-16-9-3-1-2-8(9)12/h8-9H,1-7H2,(H,14,15). The van der Waals surface area contributed by atoms with Crippen LogP contribution >= 0.6 is 11.8 Å². The molecular formula is C11H17NO4S. The first kappa shape index (κ1) is 12.7. The van der Waals surface area contributed by atoms with Crippen molar-refractivity contribution in [3.05, 3.63) is 0 Å². The predicted octanol–water partition coefficient (Wildman–Crippen LogP) is 0.584. The van der Waals surface area contributed by atoms with E-state index in [1.54, 1.807) is 0 Å². The Bertz CT molecular complexity index is 310. The lowest BCUT2D eigenvalue weighted by Crippen LogP contribution is -2.51. The van der Waals surface area contributed by atoms with Gasteiger partial charge in [0.25, 0.3) is 0 Å². The van der Waals surface area contributed by atoms with Crippen LogP contribution in [0.2, 0.25) is 0 Å². The second kappa shape index (κ2) is 5.73. The summed E-state index contributed by atoms with van der Waals surface area (Å²) in [5, 5.41) is 8.52. The van der Waals surface area contributed by atoms with Gasteiger partial charge in [-0.3, -0.25) is 9.59 Å². The molecule has 1 heterocycles. The molecule has 1 amide bonds. The van der Waals surface area contributed by atoms with Gasteiger partial charge in [-0.05, 0) is 19.3 Å². The maximum Gasteiger partial charge on any atom is 0.313 e. The third-order valence-electron chi connectivity index (χ3n) is 3.25. The maximum atomic E-state index is 12.0. The van der Waals surface area contributed by atoms with Gasteiger partial charge < -0.3 is 14.7 Å². The molecule has 0 aromatic heterocycles. The lowest BCUT2D eigenvalue weighted by molar-refractivity contribution is -0.141. The number of morpholine rings is 1. The zero-order valence-electron chi connectivity index (χ0n) is 9.63. The summed E-state index contributed by atoms with van der Waals surface area (Å²) in [6.45, 7) is 1.25. The number of aliphatic carboxylic acids is 1. The molecule has 1 aliphatic heterocycles. The molecule has 1 aliphatic carbocycles. The molecule has 5 nitrogen and oxygen atoms in total. The summed E-state index contributed by atoms with van der Waals surface area (Å²) in [4.78, 5) is 24.2. The van der Waals surface area contributed by atoms with Crippen molar-refractivity contribution >= 4 is 23.6 Å². The number of thioether (sulfide) groups is 1. The van der Waals surface area contributed by atoms with E-state index in [9.17, 15) is 9.59 Å². The van der Waals surface area contributed by atoms with E-state index in [0.29, 0.717) is 13.2 Å². The highest BCUT2D eigenvalue weighted by atomic mass is 32.2. The molecule has 17 heavy (non-hydrogen) atoms. The normalized spacial score (nSPS) is 27.9. The van der Waals surface area contributed by atoms with E-state index in [1.807, 2.05) is 4.90 Å². The first-order valence-electron chi connectivity index (χ1n) is 5.89. The summed E-state index contributed by atoms with van der Waals surface area (Å²) in [7, 11) is 0. The topological polar surface area (TPSA) is 66.8 Å². The summed E-state index contributed by atoms with van der Waals surface area (Å²) < 4.78 is 5.63. The third-order valence-corrected chi connectivity index (χ3v) is 4.16. The van der Waals surface area contributed by atoms with Gasteiger partial charge in [0, 0.05) is 6.54 Å². The van der Waals surface area contributed by atoms with Crippen molar-refractivity contribution in [1.29, 1.82) is 0 Å². The van der Waals surface area contributed by atoms with Crippen molar-refractivity contribution in [1.82, 2.24) is 4.90 Å². The highest BCUT2D eigenvalue weighted by molar-refractivity contribution is 8.00. The van der Waals surface area contributed by atoms with Gasteiger partial charge in [0.2, 0.25) is 5.91 Å². The SMILES string of the molecule is O=C(O)CSCC(=O)N1CCOC2CCCC21. The molecule has 96 valence electrons. The molecule has 0 aromatic carbocycles. The first-order valence-corrected chi connectivity index (χ1v) is 7.04. The summed E-state index contributed by atoms with van der Waals surface area (Å²) in [6.07, 6.45) is 3.37. The molecule has 0 spiro atoms. The molecular weight excluding hydrogens is 242 g/mol. The monoisotopic (exact) mass is 259 g/mol. The van der Waals surface area contributed by atoms with Crippen LogP contribution in [-0.2, 0) is 14.3 Å². The Balaban J connectivity index is 1.83. The Morgan fingerprint density at radius 3 is 2.94 bits per heavy atom. The van der Waals surface area contributed by atoms with Crippen LogP contribution < -0.4 is 0 Å². The van der Waals surface area contributed by atoms with Gasteiger partial charge >= 0.3 is 5.97 Å². The highest BCUT2D eigenvalue weighted by Crippen LogP contribution is 2.29. The summed E-state index contributed by atoms with van der Waals surface area (Å²) in [5.41, 5.74) is 0. The van der Waals surface area contributed by atoms with E-state index < -0.39 is 5.97 Å². The Morgan fingerprint density at radius 1 is 1.35 bits per heavy atom. The van der Waals surface area contributed by atoms with Crippen LogP contribution in [0.15, 0.2) is 0 Å². The van der Waals surface area contributed by atoms with E-state index in [-0.39, 0.29) is 29.6 Å². The van der Waals surface area contributed by atoms with E-state index in [0.717, 1.165) is 19.3 Å². The van der Waals surface area contributed by atoms with Gasteiger partial charge in [-0.15, -0.1) is 11.8 Å². The molecule has 1 saturated heterocycles. The zero-order valence-corrected chi connectivity index (χ0v) is 10.4. The lowest BCUT2D eigenvalue weighted by atomic mass is 10.1. The van der Waals surface area contributed by atoms with Crippen LogP contribution in [0.3, 0.4) is 0 Å². The molecule has 0 aromatic rings. The molecule has 0 bridgehead atoms. The van der Waals surface area contributed by atoms with Crippen molar-refractivity contribution in [3.8, 4) is 0 Å². The van der Waals surface area contributed by atoms with E-state index in [4.69, 9.17) is 9.84 Å². The van der Waals surface area contributed by atoms with E-state index in [2.05, 4.69) is 0 Å².